The summed E-state index contributed by atoms with van der Waals surface area (Å²) >= 11 is 0. The van der Waals surface area contributed by atoms with E-state index in [2.05, 4.69) is 10.6 Å². The van der Waals surface area contributed by atoms with E-state index in [1.165, 1.54) is 29.6 Å². The number of amides is 1. The van der Waals surface area contributed by atoms with Crippen LogP contribution in [0.2, 0.25) is 0 Å². The standard InChI is InChI=1S/C19H22N4O6/c1-29-17-8-3-2-7-15(17)20-9-10-21-16(19(25)26)12-18(24)22-13-5-4-6-14(11-13)23(27)28/h2-8,11,16,20-21H,9-10,12H2,1H3,(H,22,24)(H,25,26)/t16-/m0/s1. The molecule has 0 unspecified atom stereocenters. The molecule has 0 heterocycles. The van der Waals surface area contributed by atoms with E-state index >= 15 is 0 Å². The number of methoxy groups -OCH3 is 1. The molecule has 2 rings (SSSR count). The van der Waals surface area contributed by atoms with Gasteiger partial charge in [0.2, 0.25) is 5.91 Å². The largest absolute Gasteiger partial charge is 0.544 e. The van der Waals surface area contributed by atoms with Crippen LogP contribution in [0.15, 0.2) is 48.5 Å². The highest BCUT2D eigenvalue weighted by Gasteiger charge is 2.19. The number of nitrogens with zero attached hydrogens (tertiary/aromatic N) is 1. The van der Waals surface area contributed by atoms with E-state index in [-0.39, 0.29) is 17.8 Å². The Balaban J connectivity index is 1.84. The summed E-state index contributed by atoms with van der Waals surface area (Å²) in [5, 5.41) is 29.2. The summed E-state index contributed by atoms with van der Waals surface area (Å²) < 4.78 is 5.22. The van der Waals surface area contributed by atoms with Crippen LogP contribution in [0, 0.1) is 10.1 Å². The maximum Gasteiger partial charge on any atom is 0.271 e. The van der Waals surface area contributed by atoms with Crippen molar-refractivity contribution in [1.29, 1.82) is 0 Å². The molecule has 10 heteroatoms. The molecule has 1 atom stereocenters. The zero-order valence-electron chi connectivity index (χ0n) is 15.8. The Bertz CT molecular complexity index is 873. The summed E-state index contributed by atoms with van der Waals surface area (Å²) in [7, 11) is 1.55. The highest BCUT2D eigenvalue weighted by atomic mass is 16.6. The number of carbonyl (C=O) groups is 2. The lowest BCUT2D eigenvalue weighted by Gasteiger charge is -2.17. The number of nitrogens with two attached hydrogens (primary N) is 1. The summed E-state index contributed by atoms with van der Waals surface area (Å²) in [6.07, 6.45) is -0.334. The molecule has 0 fully saturated rings. The number of nitro benzene ring substituents is 1. The molecule has 10 nitrogen and oxygen atoms in total. The van der Waals surface area contributed by atoms with Crippen molar-refractivity contribution in [3.8, 4) is 5.75 Å². The van der Waals surface area contributed by atoms with Crippen molar-refractivity contribution in [2.75, 3.05) is 30.8 Å². The van der Waals surface area contributed by atoms with Gasteiger partial charge in [0.05, 0.1) is 43.2 Å². The minimum Gasteiger partial charge on any atom is -0.544 e. The van der Waals surface area contributed by atoms with Crippen LogP contribution in [-0.2, 0) is 9.59 Å². The third-order valence-corrected chi connectivity index (χ3v) is 4.07. The predicted octanol–water partition coefficient (Wildman–Crippen LogP) is -0.274. The number of quaternary nitrogens is 1. The number of carbonyl (C=O) groups excluding carboxylic acids is 2. The second-order valence-corrected chi connectivity index (χ2v) is 6.14. The average Bonchev–Trinajstić information content (AvgIpc) is 2.70. The number of hydrogen-bond donors (Lipinski definition) is 3. The maximum absolute atomic E-state index is 12.1. The van der Waals surface area contributed by atoms with E-state index in [0.29, 0.717) is 18.8 Å². The number of non-ortho nitro benzene ring substituents is 1. The van der Waals surface area contributed by atoms with Gasteiger partial charge < -0.3 is 30.6 Å². The number of carboxylic acids is 1. The first-order valence-corrected chi connectivity index (χ1v) is 8.86. The van der Waals surface area contributed by atoms with Gasteiger partial charge in [-0.25, -0.2) is 0 Å². The Hall–Kier alpha value is -3.66. The number of anilines is 2. The smallest absolute Gasteiger partial charge is 0.271 e. The second kappa shape index (κ2) is 10.6. The third kappa shape index (κ3) is 6.78. The van der Waals surface area contributed by atoms with Crippen LogP contribution in [0.25, 0.3) is 0 Å². The molecule has 29 heavy (non-hydrogen) atoms. The molecule has 1 amide bonds. The Labute approximate surface area is 167 Å². The van der Waals surface area contributed by atoms with E-state index in [1.54, 1.807) is 13.2 Å². The molecule has 4 N–H and O–H groups in total. The number of aliphatic carboxylic acids is 1. The van der Waals surface area contributed by atoms with Gasteiger partial charge in [0, 0.05) is 17.8 Å². The minimum atomic E-state index is -1.36. The van der Waals surface area contributed by atoms with Gasteiger partial charge in [-0.2, -0.15) is 0 Å². The van der Waals surface area contributed by atoms with Crippen LogP contribution in [0.5, 0.6) is 5.75 Å². The SMILES string of the molecule is COc1ccccc1NCC[NH2+][C@@H](CC(=O)Nc1cccc([N+](=O)[O-])c1)C(=O)[O-]. The first-order chi connectivity index (χ1) is 13.9. The number of benzene rings is 2. The zero-order valence-corrected chi connectivity index (χ0v) is 15.8. The van der Waals surface area contributed by atoms with Gasteiger partial charge in [-0.05, 0) is 18.2 Å². The molecule has 0 aliphatic rings. The van der Waals surface area contributed by atoms with Crippen molar-refractivity contribution >= 4 is 28.9 Å². The van der Waals surface area contributed by atoms with Crippen molar-refractivity contribution in [3.05, 3.63) is 58.6 Å². The Morgan fingerprint density at radius 1 is 1.21 bits per heavy atom. The van der Waals surface area contributed by atoms with Crippen molar-refractivity contribution in [3.63, 3.8) is 0 Å². The fourth-order valence-corrected chi connectivity index (χ4v) is 2.65. The average molecular weight is 402 g/mol. The third-order valence-electron chi connectivity index (χ3n) is 4.07. The van der Waals surface area contributed by atoms with E-state index in [1.807, 2.05) is 18.2 Å². The van der Waals surface area contributed by atoms with Crippen molar-refractivity contribution < 1.29 is 29.7 Å². The quantitative estimate of drug-likeness (QED) is 0.266. The minimum absolute atomic E-state index is 0.173. The normalized spacial score (nSPS) is 11.3. The van der Waals surface area contributed by atoms with Gasteiger partial charge in [-0.15, -0.1) is 0 Å². The number of rotatable bonds is 11. The van der Waals surface area contributed by atoms with Gasteiger partial charge >= 0.3 is 0 Å². The lowest BCUT2D eigenvalue weighted by Crippen LogP contribution is -2.94. The van der Waals surface area contributed by atoms with Crippen LogP contribution in [0.4, 0.5) is 17.1 Å². The molecular weight excluding hydrogens is 380 g/mol. The lowest BCUT2D eigenvalue weighted by molar-refractivity contribution is -0.680. The molecule has 2 aromatic rings. The number of ether oxygens (including phenoxy) is 1. The zero-order chi connectivity index (χ0) is 21.2. The van der Waals surface area contributed by atoms with Crippen LogP contribution in [0.3, 0.4) is 0 Å². The fraction of sp³-hybridized carbons (Fsp3) is 0.263. The Morgan fingerprint density at radius 3 is 2.66 bits per heavy atom. The van der Waals surface area contributed by atoms with Crippen LogP contribution < -0.4 is 25.8 Å². The molecule has 0 aromatic heterocycles. The summed E-state index contributed by atoms with van der Waals surface area (Å²) in [5.41, 5.74) is 0.823. The Kier molecular flexibility index (Phi) is 7.92. The first-order valence-electron chi connectivity index (χ1n) is 8.86. The van der Waals surface area contributed by atoms with E-state index in [4.69, 9.17) is 4.74 Å². The summed E-state index contributed by atoms with van der Waals surface area (Å²) in [6.45, 7) is 0.817. The molecule has 0 spiro atoms. The number of carboxylic acid groups (broad SMARTS) is 1. The van der Waals surface area contributed by atoms with E-state index in [0.717, 1.165) is 5.69 Å². The summed E-state index contributed by atoms with van der Waals surface area (Å²) in [4.78, 5) is 33.7. The highest BCUT2D eigenvalue weighted by Crippen LogP contribution is 2.22. The summed E-state index contributed by atoms with van der Waals surface area (Å²) in [6, 6.07) is 11.6. The Morgan fingerprint density at radius 2 is 1.97 bits per heavy atom. The predicted molar refractivity (Wildman–Crippen MR) is 103 cm³/mol. The lowest BCUT2D eigenvalue weighted by atomic mass is 10.2. The van der Waals surface area contributed by atoms with E-state index < -0.39 is 22.8 Å². The molecule has 0 saturated heterocycles. The van der Waals surface area contributed by atoms with Crippen LogP contribution in [0.1, 0.15) is 6.42 Å². The van der Waals surface area contributed by atoms with Gasteiger partial charge in [-0.3, -0.25) is 14.9 Å². The molecule has 0 aliphatic heterocycles. The van der Waals surface area contributed by atoms with Gasteiger partial charge in [0.15, 0.2) is 0 Å². The number of nitrogens with one attached hydrogen (secondary N) is 2. The van der Waals surface area contributed by atoms with Crippen molar-refractivity contribution in [2.24, 2.45) is 0 Å². The molecule has 0 radical (unpaired) electrons. The maximum atomic E-state index is 12.1. The van der Waals surface area contributed by atoms with E-state index in [9.17, 15) is 24.8 Å². The van der Waals surface area contributed by atoms with Gasteiger partial charge in [0.1, 0.15) is 11.8 Å². The second-order valence-electron chi connectivity index (χ2n) is 6.14. The van der Waals surface area contributed by atoms with Gasteiger partial charge in [-0.1, -0.05) is 18.2 Å². The summed E-state index contributed by atoms with van der Waals surface area (Å²) in [5.74, 6) is -1.27. The molecule has 0 saturated carbocycles. The molecule has 0 aliphatic carbocycles. The monoisotopic (exact) mass is 402 g/mol. The number of para-hydroxylation sites is 2. The number of hydrogen-bond acceptors (Lipinski definition) is 7. The molecular formula is C19H22N4O6. The fourth-order valence-electron chi connectivity index (χ4n) is 2.65. The molecule has 154 valence electrons. The van der Waals surface area contributed by atoms with Crippen molar-refractivity contribution in [1.82, 2.24) is 0 Å². The number of nitro groups is 1. The van der Waals surface area contributed by atoms with Gasteiger partial charge in [0.25, 0.3) is 5.69 Å². The van der Waals surface area contributed by atoms with Crippen LogP contribution in [-0.4, -0.2) is 43.0 Å². The first kappa shape index (κ1) is 21.6. The topological polar surface area (TPSA) is 150 Å². The van der Waals surface area contributed by atoms with Crippen LogP contribution >= 0.6 is 0 Å². The highest BCUT2D eigenvalue weighted by molar-refractivity contribution is 5.93. The van der Waals surface area contributed by atoms with Crippen molar-refractivity contribution in [2.45, 2.75) is 12.5 Å². The molecule has 2 aromatic carbocycles. The molecule has 0 bridgehead atoms.